The monoisotopic (exact) mass is 507 g/mol. The van der Waals surface area contributed by atoms with E-state index in [0.717, 1.165) is 42.7 Å². The van der Waals surface area contributed by atoms with Crippen molar-refractivity contribution in [3.63, 3.8) is 0 Å². The molecule has 0 aliphatic heterocycles. The van der Waals surface area contributed by atoms with Gasteiger partial charge in [0.2, 0.25) is 11.8 Å². The van der Waals surface area contributed by atoms with Crippen molar-refractivity contribution in [3.05, 3.63) is 10.6 Å². The standard InChI is InChI=1S/C26H41N3O5S/c1-25-10-9-20(31)26(2,15-30)19(25)14-18-22(17(25)13-21(32)27-11-12-34-3)28-24(35-18)29-23(33)16-7-5-4-6-8-16/h16-17,19-20,30-31H,4-15H2,1-3H3,(H,27,32)(H,28,29,33). The van der Waals surface area contributed by atoms with Crippen LogP contribution in [0.5, 0.6) is 0 Å². The maximum Gasteiger partial charge on any atom is 0.229 e. The number of aliphatic hydroxyl groups is 2. The minimum Gasteiger partial charge on any atom is -0.396 e. The number of amides is 2. The SMILES string of the molecule is COCCNC(=O)CC1c2nc(NC(=O)C3CCCCC3)sc2CC2C(C)(CO)C(O)CCC12C. The van der Waals surface area contributed by atoms with E-state index in [1.165, 1.54) is 17.8 Å². The Kier molecular flexibility index (Phi) is 8.20. The van der Waals surface area contributed by atoms with Gasteiger partial charge in [-0.1, -0.05) is 33.1 Å². The van der Waals surface area contributed by atoms with Crippen molar-refractivity contribution in [2.24, 2.45) is 22.7 Å². The molecule has 0 radical (unpaired) electrons. The number of ether oxygens (including phenoxy) is 1. The number of methoxy groups -OCH3 is 1. The van der Waals surface area contributed by atoms with Crippen molar-refractivity contribution in [1.29, 1.82) is 0 Å². The summed E-state index contributed by atoms with van der Waals surface area (Å²) < 4.78 is 5.07. The molecule has 4 N–H and O–H groups in total. The number of aliphatic hydroxyl groups excluding tert-OH is 2. The van der Waals surface area contributed by atoms with Gasteiger partial charge in [-0.2, -0.15) is 0 Å². The van der Waals surface area contributed by atoms with Gasteiger partial charge in [0.05, 0.1) is 25.0 Å². The van der Waals surface area contributed by atoms with Crippen LogP contribution in [0.4, 0.5) is 5.13 Å². The lowest BCUT2D eigenvalue weighted by Crippen LogP contribution is -2.57. The second-order valence-corrected chi connectivity index (χ2v) is 12.3. The van der Waals surface area contributed by atoms with E-state index in [9.17, 15) is 19.8 Å². The largest absolute Gasteiger partial charge is 0.396 e. The van der Waals surface area contributed by atoms with Crippen molar-refractivity contribution in [2.75, 3.05) is 32.2 Å². The quantitative estimate of drug-likeness (QED) is 0.401. The molecule has 0 saturated heterocycles. The third kappa shape index (κ3) is 5.15. The van der Waals surface area contributed by atoms with Crippen LogP contribution in [0.2, 0.25) is 0 Å². The van der Waals surface area contributed by atoms with Gasteiger partial charge >= 0.3 is 0 Å². The zero-order chi connectivity index (χ0) is 25.2. The summed E-state index contributed by atoms with van der Waals surface area (Å²) in [5.41, 5.74) is -0.0716. The highest BCUT2D eigenvalue weighted by Crippen LogP contribution is 2.62. The molecule has 1 heterocycles. The highest BCUT2D eigenvalue weighted by atomic mass is 32.1. The van der Waals surface area contributed by atoms with E-state index in [1.54, 1.807) is 7.11 Å². The van der Waals surface area contributed by atoms with Crippen molar-refractivity contribution in [1.82, 2.24) is 10.3 Å². The summed E-state index contributed by atoms with van der Waals surface area (Å²) in [4.78, 5) is 31.8. The molecular weight excluding hydrogens is 466 g/mol. The van der Waals surface area contributed by atoms with Crippen LogP contribution < -0.4 is 10.6 Å². The lowest BCUT2D eigenvalue weighted by atomic mass is 9.47. The van der Waals surface area contributed by atoms with Gasteiger partial charge < -0.3 is 25.6 Å². The van der Waals surface area contributed by atoms with E-state index in [4.69, 9.17) is 9.72 Å². The average Bonchev–Trinajstić information content (AvgIpc) is 3.25. The van der Waals surface area contributed by atoms with Crippen LogP contribution >= 0.6 is 11.3 Å². The Labute approximate surface area is 212 Å². The van der Waals surface area contributed by atoms with Gasteiger partial charge in [0.1, 0.15) is 0 Å². The fraction of sp³-hybridized carbons (Fsp3) is 0.808. The number of fused-ring (bicyclic) bond motifs is 2. The van der Waals surface area contributed by atoms with Crippen LogP contribution in [0.1, 0.15) is 81.7 Å². The summed E-state index contributed by atoms with van der Waals surface area (Å²) in [6, 6.07) is 0. The predicted octanol–water partition coefficient (Wildman–Crippen LogP) is 3.23. The van der Waals surface area contributed by atoms with E-state index >= 15 is 0 Å². The van der Waals surface area contributed by atoms with E-state index in [2.05, 4.69) is 17.6 Å². The Morgan fingerprint density at radius 2 is 1.94 bits per heavy atom. The molecule has 0 spiro atoms. The number of anilines is 1. The number of carbonyl (C=O) groups excluding carboxylic acids is 2. The van der Waals surface area contributed by atoms with Crippen molar-refractivity contribution < 1.29 is 24.5 Å². The Morgan fingerprint density at radius 1 is 1.20 bits per heavy atom. The van der Waals surface area contributed by atoms with Crippen LogP contribution in [-0.4, -0.2) is 60.0 Å². The maximum atomic E-state index is 12.9. The highest BCUT2D eigenvalue weighted by molar-refractivity contribution is 7.15. The molecule has 5 unspecified atom stereocenters. The summed E-state index contributed by atoms with van der Waals surface area (Å²) in [6.45, 7) is 4.94. The molecule has 3 aliphatic rings. The number of carbonyl (C=O) groups is 2. The number of nitrogens with zero attached hydrogens (tertiary/aromatic N) is 1. The first-order valence-corrected chi connectivity index (χ1v) is 13.9. The summed E-state index contributed by atoms with van der Waals surface area (Å²) in [5, 5.41) is 27.9. The fourth-order valence-electron chi connectivity index (χ4n) is 6.82. The first kappa shape index (κ1) is 26.5. The Bertz CT molecular complexity index is 917. The normalized spacial score (nSPS) is 33.0. The third-order valence-corrected chi connectivity index (χ3v) is 10.1. The third-order valence-electron chi connectivity index (χ3n) is 9.12. The molecule has 3 aliphatic carbocycles. The fourth-order valence-corrected chi connectivity index (χ4v) is 7.89. The number of rotatable bonds is 8. The molecule has 1 aromatic rings. The topological polar surface area (TPSA) is 121 Å². The zero-order valence-corrected chi connectivity index (χ0v) is 22.1. The second kappa shape index (κ2) is 10.8. The van der Waals surface area contributed by atoms with E-state index in [-0.39, 0.29) is 48.0 Å². The molecule has 5 atom stereocenters. The maximum absolute atomic E-state index is 12.9. The zero-order valence-electron chi connectivity index (χ0n) is 21.3. The van der Waals surface area contributed by atoms with Gasteiger partial charge in [-0.05, 0) is 43.4 Å². The number of hydrogen-bond acceptors (Lipinski definition) is 7. The number of aromatic nitrogens is 1. The highest BCUT2D eigenvalue weighted by Gasteiger charge is 2.59. The predicted molar refractivity (Wildman–Crippen MR) is 135 cm³/mol. The smallest absolute Gasteiger partial charge is 0.229 e. The molecule has 2 amide bonds. The molecule has 0 bridgehead atoms. The summed E-state index contributed by atoms with van der Waals surface area (Å²) >= 11 is 1.49. The first-order chi connectivity index (χ1) is 16.7. The summed E-state index contributed by atoms with van der Waals surface area (Å²) in [5.74, 6) is -0.134. The Morgan fingerprint density at radius 3 is 2.63 bits per heavy atom. The van der Waals surface area contributed by atoms with Crippen LogP contribution in [0.3, 0.4) is 0 Å². The van der Waals surface area contributed by atoms with Gasteiger partial charge in [0, 0.05) is 42.2 Å². The van der Waals surface area contributed by atoms with Crippen LogP contribution in [0.25, 0.3) is 0 Å². The average molecular weight is 508 g/mol. The number of nitrogens with one attached hydrogen (secondary N) is 2. The molecule has 35 heavy (non-hydrogen) atoms. The molecular formula is C26H41N3O5S. The summed E-state index contributed by atoms with van der Waals surface area (Å²) in [7, 11) is 1.60. The minimum atomic E-state index is -0.662. The van der Waals surface area contributed by atoms with Crippen LogP contribution in [0, 0.1) is 22.7 Å². The lowest BCUT2D eigenvalue weighted by Gasteiger charge is -2.58. The Balaban J connectivity index is 1.64. The van der Waals surface area contributed by atoms with Crippen molar-refractivity contribution in [3.8, 4) is 0 Å². The van der Waals surface area contributed by atoms with E-state index in [1.807, 2.05) is 6.92 Å². The van der Waals surface area contributed by atoms with Crippen molar-refractivity contribution in [2.45, 2.75) is 83.7 Å². The first-order valence-electron chi connectivity index (χ1n) is 13.1. The van der Waals surface area contributed by atoms with Gasteiger partial charge in [-0.3, -0.25) is 9.59 Å². The van der Waals surface area contributed by atoms with Crippen LogP contribution in [0.15, 0.2) is 0 Å². The van der Waals surface area contributed by atoms with Gasteiger partial charge in [-0.25, -0.2) is 4.98 Å². The molecule has 196 valence electrons. The number of thiazole rings is 1. The molecule has 2 saturated carbocycles. The second-order valence-electron chi connectivity index (χ2n) is 11.2. The molecule has 8 nitrogen and oxygen atoms in total. The van der Waals surface area contributed by atoms with E-state index in [0.29, 0.717) is 31.1 Å². The van der Waals surface area contributed by atoms with Gasteiger partial charge in [0.15, 0.2) is 5.13 Å². The molecule has 4 rings (SSSR count). The van der Waals surface area contributed by atoms with Gasteiger partial charge in [0.25, 0.3) is 0 Å². The van der Waals surface area contributed by atoms with Crippen LogP contribution in [-0.2, 0) is 20.7 Å². The Hall–Kier alpha value is -1.55. The molecule has 1 aromatic heterocycles. The molecule has 2 fully saturated rings. The molecule has 9 heteroatoms. The number of hydrogen-bond donors (Lipinski definition) is 4. The summed E-state index contributed by atoms with van der Waals surface area (Å²) in [6.07, 6.45) is 6.92. The van der Waals surface area contributed by atoms with Crippen molar-refractivity contribution >= 4 is 28.3 Å². The molecule has 0 aromatic carbocycles. The van der Waals surface area contributed by atoms with E-state index < -0.39 is 11.5 Å². The lowest BCUT2D eigenvalue weighted by molar-refractivity contribution is -0.144. The van der Waals surface area contributed by atoms with Gasteiger partial charge in [-0.15, -0.1) is 11.3 Å². The minimum absolute atomic E-state index is 0.00429.